The molecule has 0 spiro atoms. The highest BCUT2D eigenvalue weighted by molar-refractivity contribution is 5.74. The summed E-state index contributed by atoms with van der Waals surface area (Å²) >= 11 is 0. The minimum absolute atomic E-state index is 0.0195. The summed E-state index contributed by atoms with van der Waals surface area (Å²) in [6.45, 7) is 7.97. The maximum absolute atomic E-state index is 11.4. The molecule has 2 amide bonds. The number of urea groups is 1. The molecular weight excluding hydrogens is 166 g/mol. The fourth-order valence-corrected chi connectivity index (χ4v) is 0.985. The van der Waals surface area contributed by atoms with E-state index in [0.717, 1.165) is 19.5 Å². The zero-order valence-electron chi connectivity index (χ0n) is 8.84. The standard InChI is InChI=1S/C9H21N3O/c1-4-8(10)7-11-9(13)12(5-2)6-3/h8H,4-7,10H2,1-3H3,(H,11,13). The maximum Gasteiger partial charge on any atom is 0.317 e. The first-order chi connectivity index (χ1) is 6.15. The number of carbonyl (C=O) groups is 1. The Balaban J connectivity index is 3.72. The van der Waals surface area contributed by atoms with Crippen LogP contribution in [0.4, 0.5) is 4.79 Å². The number of nitrogens with zero attached hydrogens (tertiary/aromatic N) is 1. The van der Waals surface area contributed by atoms with Gasteiger partial charge in [-0.05, 0) is 20.3 Å². The molecular formula is C9H21N3O. The first-order valence-corrected chi connectivity index (χ1v) is 4.93. The molecule has 4 nitrogen and oxygen atoms in total. The molecule has 0 aliphatic rings. The van der Waals surface area contributed by atoms with Crippen molar-refractivity contribution >= 4 is 6.03 Å². The van der Waals surface area contributed by atoms with Gasteiger partial charge in [0, 0.05) is 25.7 Å². The van der Waals surface area contributed by atoms with Crippen molar-refractivity contribution in [1.29, 1.82) is 0 Å². The van der Waals surface area contributed by atoms with Crippen LogP contribution < -0.4 is 11.1 Å². The molecule has 0 bridgehead atoms. The summed E-state index contributed by atoms with van der Waals surface area (Å²) in [6.07, 6.45) is 0.887. The van der Waals surface area contributed by atoms with E-state index in [2.05, 4.69) is 5.32 Å². The lowest BCUT2D eigenvalue weighted by Gasteiger charge is -2.20. The third-order valence-electron chi connectivity index (χ3n) is 2.09. The van der Waals surface area contributed by atoms with Gasteiger partial charge >= 0.3 is 6.03 Å². The van der Waals surface area contributed by atoms with E-state index >= 15 is 0 Å². The normalized spacial score (nSPS) is 12.3. The average molecular weight is 187 g/mol. The number of nitrogens with one attached hydrogen (secondary N) is 1. The zero-order chi connectivity index (χ0) is 10.3. The first-order valence-electron chi connectivity index (χ1n) is 4.93. The van der Waals surface area contributed by atoms with Gasteiger partial charge < -0.3 is 16.0 Å². The Morgan fingerprint density at radius 3 is 2.31 bits per heavy atom. The summed E-state index contributed by atoms with van der Waals surface area (Å²) in [5, 5.41) is 2.80. The second-order valence-electron chi connectivity index (χ2n) is 3.03. The van der Waals surface area contributed by atoms with Crippen molar-refractivity contribution in [3.63, 3.8) is 0 Å². The number of rotatable bonds is 5. The topological polar surface area (TPSA) is 58.4 Å². The van der Waals surface area contributed by atoms with Crippen LogP contribution in [-0.4, -0.2) is 36.6 Å². The summed E-state index contributed by atoms with van der Waals surface area (Å²) in [5.41, 5.74) is 5.67. The summed E-state index contributed by atoms with van der Waals surface area (Å²) in [4.78, 5) is 13.1. The lowest BCUT2D eigenvalue weighted by Crippen LogP contribution is -2.44. The Labute approximate surface area is 80.5 Å². The highest BCUT2D eigenvalue weighted by Crippen LogP contribution is 1.89. The fraction of sp³-hybridized carbons (Fsp3) is 0.889. The number of amides is 2. The Kier molecular flexibility index (Phi) is 6.32. The van der Waals surface area contributed by atoms with Crippen LogP contribution in [0.3, 0.4) is 0 Å². The van der Waals surface area contributed by atoms with Gasteiger partial charge in [0.1, 0.15) is 0 Å². The van der Waals surface area contributed by atoms with Crippen LogP contribution in [0.2, 0.25) is 0 Å². The second kappa shape index (κ2) is 6.71. The molecule has 0 aliphatic heterocycles. The summed E-state index contributed by atoms with van der Waals surface area (Å²) in [5.74, 6) is 0. The van der Waals surface area contributed by atoms with E-state index in [1.54, 1.807) is 4.90 Å². The van der Waals surface area contributed by atoms with Gasteiger partial charge in [0.05, 0.1) is 0 Å². The quantitative estimate of drug-likeness (QED) is 0.668. The van der Waals surface area contributed by atoms with Gasteiger partial charge in [0.2, 0.25) is 0 Å². The molecule has 13 heavy (non-hydrogen) atoms. The predicted molar refractivity (Wildman–Crippen MR) is 54.6 cm³/mol. The van der Waals surface area contributed by atoms with E-state index in [1.165, 1.54) is 0 Å². The molecule has 0 aromatic rings. The van der Waals surface area contributed by atoms with Crippen LogP contribution in [0, 0.1) is 0 Å². The van der Waals surface area contributed by atoms with Crippen LogP contribution in [0.5, 0.6) is 0 Å². The predicted octanol–water partition coefficient (Wildman–Crippen LogP) is 0.775. The molecule has 3 N–H and O–H groups in total. The van der Waals surface area contributed by atoms with Gasteiger partial charge in [0.25, 0.3) is 0 Å². The van der Waals surface area contributed by atoms with E-state index in [4.69, 9.17) is 5.73 Å². The monoisotopic (exact) mass is 187 g/mol. The minimum Gasteiger partial charge on any atom is -0.336 e. The van der Waals surface area contributed by atoms with Crippen LogP contribution in [0.1, 0.15) is 27.2 Å². The van der Waals surface area contributed by atoms with Crippen molar-refractivity contribution in [3.05, 3.63) is 0 Å². The Hall–Kier alpha value is -0.770. The molecule has 0 fully saturated rings. The van der Waals surface area contributed by atoms with E-state index in [0.29, 0.717) is 6.54 Å². The van der Waals surface area contributed by atoms with Crippen LogP contribution in [0.15, 0.2) is 0 Å². The molecule has 0 heterocycles. The van der Waals surface area contributed by atoms with Crippen molar-refractivity contribution in [2.75, 3.05) is 19.6 Å². The van der Waals surface area contributed by atoms with E-state index in [1.807, 2.05) is 20.8 Å². The molecule has 0 rings (SSSR count). The Bertz CT molecular complexity index is 146. The summed E-state index contributed by atoms with van der Waals surface area (Å²) in [6, 6.07) is 0.0495. The van der Waals surface area contributed by atoms with Gasteiger partial charge in [-0.3, -0.25) is 0 Å². The van der Waals surface area contributed by atoms with Crippen molar-refractivity contribution in [2.45, 2.75) is 33.2 Å². The van der Waals surface area contributed by atoms with E-state index in [9.17, 15) is 4.79 Å². The number of hydrogen-bond donors (Lipinski definition) is 2. The van der Waals surface area contributed by atoms with Gasteiger partial charge in [-0.25, -0.2) is 4.79 Å². The number of carbonyl (C=O) groups excluding carboxylic acids is 1. The van der Waals surface area contributed by atoms with Crippen molar-refractivity contribution in [1.82, 2.24) is 10.2 Å². The molecule has 1 atom stereocenters. The highest BCUT2D eigenvalue weighted by Gasteiger charge is 2.09. The molecule has 0 aromatic carbocycles. The molecule has 78 valence electrons. The average Bonchev–Trinajstić information content (AvgIpc) is 2.16. The van der Waals surface area contributed by atoms with Crippen molar-refractivity contribution < 1.29 is 4.79 Å². The van der Waals surface area contributed by atoms with Gasteiger partial charge in [-0.15, -0.1) is 0 Å². The fourth-order valence-electron chi connectivity index (χ4n) is 0.985. The molecule has 0 saturated heterocycles. The summed E-state index contributed by atoms with van der Waals surface area (Å²) in [7, 11) is 0. The SMILES string of the molecule is CCC(N)CNC(=O)N(CC)CC. The Morgan fingerprint density at radius 2 is 1.92 bits per heavy atom. The van der Waals surface area contributed by atoms with Crippen molar-refractivity contribution in [3.8, 4) is 0 Å². The molecule has 0 aromatic heterocycles. The van der Waals surface area contributed by atoms with Gasteiger partial charge in [-0.1, -0.05) is 6.92 Å². The van der Waals surface area contributed by atoms with Crippen LogP contribution in [0.25, 0.3) is 0 Å². The molecule has 1 unspecified atom stereocenters. The third-order valence-corrected chi connectivity index (χ3v) is 2.09. The lowest BCUT2D eigenvalue weighted by atomic mass is 10.2. The minimum atomic E-state index is -0.0195. The number of nitrogens with two attached hydrogens (primary N) is 1. The molecule has 0 aliphatic carbocycles. The lowest BCUT2D eigenvalue weighted by molar-refractivity contribution is 0.202. The Morgan fingerprint density at radius 1 is 1.38 bits per heavy atom. The highest BCUT2D eigenvalue weighted by atomic mass is 16.2. The smallest absolute Gasteiger partial charge is 0.317 e. The largest absolute Gasteiger partial charge is 0.336 e. The van der Waals surface area contributed by atoms with E-state index < -0.39 is 0 Å². The molecule has 4 heteroatoms. The zero-order valence-corrected chi connectivity index (χ0v) is 8.84. The van der Waals surface area contributed by atoms with Crippen LogP contribution >= 0.6 is 0 Å². The second-order valence-corrected chi connectivity index (χ2v) is 3.03. The van der Waals surface area contributed by atoms with E-state index in [-0.39, 0.29) is 12.1 Å². The molecule has 0 radical (unpaired) electrons. The third kappa shape index (κ3) is 4.72. The van der Waals surface area contributed by atoms with Gasteiger partial charge in [0.15, 0.2) is 0 Å². The van der Waals surface area contributed by atoms with Crippen LogP contribution in [-0.2, 0) is 0 Å². The first kappa shape index (κ1) is 12.2. The molecule has 0 saturated carbocycles. The number of hydrogen-bond acceptors (Lipinski definition) is 2. The van der Waals surface area contributed by atoms with Crippen molar-refractivity contribution in [2.24, 2.45) is 5.73 Å². The summed E-state index contributed by atoms with van der Waals surface area (Å²) < 4.78 is 0. The van der Waals surface area contributed by atoms with Gasteiger partial charge in [-0.2, -0.15) is 0 Å². The maximum atomic E-state index is 11.4.